The van der Waals surface area contributed by atoms with Gasteiger partial charge in [-0.3, -0.25) is 9.18 Å². The number of carbonyl (C=O) groups excluding carboxylic acids is 2. The molecule has 25 heavy (non-hydrogen) atoms. The summed E-state index contributed by atoms with van der Waals surface area (Å²) in [6, 6.07) is 0. The Morgan fingerprint density at radius 2 is 2.00 bits per heavy atom. The number of rotatable bonds is 8. The second-order valence-corrected chi connectivity index (χ2v) is 6.12. The molecule has 0 saturated carbocycles. The van der Waals surface area contributed by atoms with Crippen LogP contribution in [-0.4, -0.2) is 54.2 Å². The van der Waals surface area contributed by atoms with E-state index in [9.17, 15) is 22.8 Å². The van der Waals surface area contributed by atoms with Gasteiger partial charge in [-0.05, 0) is 27.2 Å². The van der Waals surface area contributed by atoms with Crippen molar-refractivity contribution in [3.8, 4) is 5.88 Å². The molecule has 1 aromatic heterocycles. The zero-order valence-corrected chi connectivity index (χ0v) is 14.4. The van der Waals surface area contributed by atoms with Crippen LogP contribution >= 0.6 is 0 Å². The molecule has 0 bridgehead atoms. The summed E-state index contributed by atoms with van der Waals surface area (Å²) >= 11 is 0. The van der Waals surface area contributed by atoms with Crippen LogP contribution < -0.4 is 4.74 Å². The predicted molar refractivity (Wildman–Crippen MR) is 83.4 cm³/mol. The summed E-state index contributed by atoms with van der Waals surface area (Å²) in [5.74, 6) is -2.88. The van der Waals surface area contributed by atoms with E-state index in [-0.39, 0.29) is 32.4 Å². The fraction of sp³-hybridized carbons (Fsp3) is 0.562. The maximum Gasteiger partial charge on any atom is 0.410 e. The van der Waals surface area contributed by atoms with Crippen molar-refractivity contribution in [2.75, 3.05) is 26.4 Å². The van der Waals surface area contributed by atoms with Crippen LogP contribution in [0.2, 0.25) is 0 Å². The fourth-order valence-electron chi connectivity index (χ4n) is 1.79. The minimum atomic E-state index is -1.22. The lowest BCUT2D eigenvalue weighted by Crippen LogP contribution is -2.39. The number of nitrogens with zero attached hydrogens (tertiary/aromatic N) is 2. The summed E-state index contributed by atoms with van der Waals surface area (Å²) in [6.07, 6.45) is 0.132. The van der Waals surface area contributed by atoms with E-state index in [1.165, 1.54) is 4.90 Å². The molecule has 0 fully saturated rings. The number of hydrogen-bond acceptors (Lipinski definition) is 5. The normalized spacial score (nSPS) is 11.1. The van der Waals surface area contributed by atoms with Crippen molar-refractivity contribution >= 4 is 12.4 Å². The number of aldehydes is 1. The van der Waals surface area contributed by atoms with E-state index >= 15 is 0 Å². The molecule has 0 aliphatic rings. The van der Waals surface area contributed by atoms with Crippen molar-refractivity contribution in [3.63, 3.8) is 0 Å². The number of amides is 1. The number of pyridine rings is 1. The molecule has 0 aliphatic heterocycles. The van der Waals surface area contributed by atoms with E-state index in [1.807, 2.05) is 0 Å². The highest BCUT2D eigenvalue weighted by Gasteiger charge is 2.22. The van der Waals surface area contributed by atoms with Crippen LogP contribution in [0.4, 0.5) is 18.0 Å². The molecule has 1 rings (SSSR count). The maximum atomic E-state index is 13.8. The molecule has 1 aromatic rings. The Morgan fingerprint density at radius 3 is 2.56 bits per heavy atom. The molecule has 0 atom stereocenters. The molecule has 0 saturated heterocycles. The van der Waals surface area contributed by atoms with Crippen LogP contribution in [0.3, 0.4) is 0 Å². The van der Waals surface area contributed by atoms with Gasteiger partial charge in [0.1, 0.15) is 12.2 Å². The third kappa shape index (κ3) is 6.60. The lowest BCUT2D eigenvalue weighted by Gasteiger charge is -2.27. The molecule has 140 valence electrons. The number of carbonyl (C=O) groups is 2. The molecule has 0 radical (unpaired) electrons. The number of aromatic nitrogens is 1. The second-order valence-electron chi connectivity index (χ2n) is 6.12. The van der Waals surface area contributed by atoms with Gasteiger partial charge in [-0.1, -0.05) is 0 Å². The molecule has 0 aliphatic carbocycles. The van der Waals surface area contributed by atoms with Gasteiger partial charge in [0.2, 0.25) is 0 Å². The van der Waals surface area contributed by atoms with Gasteiger partial charge in [-0.2, -0.15) is 0 Å². The van der Waals surface area contributed by atoms with E-state index in [0.29, 0.717) is 6.20 Å². The van der Waals surface area contributed by atoms with Gasteiger partial charge in [-0.15, -0.1) is 0 Å². The summed E-state index contributed by atoms with van der Waals surface area (Å²) in [5, 5.41) is 0. The van der Waals surface area contributed by atoms with Crippen LogP contribution in [0.5, 0.6) is 5.88 Å². The summed E-state index contributed by atoms with van der Waals surface area (Å²) in [4.78, 5) is 27.4. The zero-order chi connectivity index (χ0) is 19.0. The zero-order valence-electron chi connectivity index (χ0n) is 14.4. The topological polar surface area (TPSA) is 68.7 Å². The Balaban J connectivity index is 2.71. The first-order chi connectivity index (χ1) is 11.7. The smallest absolute Gasteiger partial charge is 0.410 e. The van der Waals surface area contributed by atoms with Crippen molar-refractivity contribution in [3.05, 3.63) is 23.4 Å². The van der Waals surface area contributed by atoms with Gasteiger partial charge < -0.3 is 14.4 Å². The van der Waals surface area contributed by atoms with Gasteiger partial charge in [0.05, 0.1) is 25.0 Å². The SMILES string of the molecule is CC(C)(C)OC(=O)N(CCCF)CCOc1ncc(F)c(C=O)c1F. The molecule has 0 unspecified atom stereocenters. The third-order valence-electron chi connectivity index (χ3n) is 2.91. The summed E-state index contributed by atoms with van der Waals surface area (Å²) < 4.78 is 49.7. The highest BCUT2D eigenvalue weighted by atomic mass is 19.1. The summed E-state index contributed by atoms with van der Waals surface area (Å²) in [7, 11) is 0. The minimum Gasteiger partial charge on any atom is -0.474 e. The number of ether oxygens (including phenoxy) is 2. The highest BCUT2D eigenvalue weighted by molar-refractivity contribution is 5.76. The Kier molecular flexibility index (Phi) is 7.66. The molecular weight excluding hydrogens is 341 g/mol. The van der Waals surface area contributed by atoms with Crippen molar-refractivity contribution in [1.29, 1.82) is 0 Å². The van der Waals surface area contributed by atoms with Gasteiger partial charge in [-0.25, -0.2) is 18.6 Å². The van der Waals surface area contributed by atoms with Crippen molar-refractivity contribution in [2.24, 2.45) is 0 Å². The first kappa shape index (κ1) is 20.7. The lowest BCUT2D eigenvalue weighted by molar-refractivity contribution is 0.0219. The number of hydrogen-bond donors (Lipinski definition) is 0. The first-order valence-electron chi connectivity index (χ1n) is 7.65. The first-order valence-corrected chi connectivity index (χ1v) is 7.65. The van der Waals surface area contributed by atoms with Crippen LogP contribution in [0.1, 0.15) is 37.6 Å². The van der Waals surface area contributed by atoms with Gasteiger partial charge in [0.15, 0.2) is 17.9 Å². The fourth-order valence-corrected chi connectivity index (χ4v) is 1.79. The molecule has 9 heteroatoms. The van der Waals surface area contributed by atoms with Gasteiger partial charge in [0.25, 0.3) is 5.88 Å². The molecular formula is C16H21F3N2O4. The average Bonchev–Trinajstić information content (AvgIpc) is 2.51. The third-order valence-corrected chi connectivity index (χ3v) is 2.91. The van der Waals surface area contributed by atoms with Crippen LogP contribution in [0.15, 0.2) is 6.20 Å². The Morgan fingerprint density at radius 1 is 1.32 bits per heavy atom. The maximum absolute atomic E-state index is 13.8. The van der Waals surface area contributed by atoms with E-state index in [2.05, 4.69) is 4.98 Å². The predicted octanol–water partition coefficient (Wildman–Crippen LogP) is 3.15. The van der Waals surface area contributed by atoms with Gasteiger partial charge in [0, 0.05) is 6.54 Å². The monoisotopic (exact) mass is 362 g/mol. The molecule has 0 spiro atoms. The van der Waals surface area contributed by atoms with Crippen LogP contribution in [0.25, 0.3) is 0 Å². The molecule has 6 nitrogen and oxygen atoms in total. The molecule has 1 heterocycles. The van der Waals surface area contributed by atoms with Crippen LogP contribution in [-0.2, 0) is 4.74 Å². The van der Waals surface area contributed by atoms with E-state index in [1.54, 1.807) is 20.8 Å². The standard InChI is InChI=1S/C16H21F3N2O4/c1-16(2,3)25-15(23)21(6-4-5-17)7-8-24-14-13(19)11(10-22)12(18)9-20-14/h9-10H,4-8H2,1-3H3. The van der Waals surface area contributed by atoms with Gasteiger partial charge >= 0.3 is 6.09 Å². The van der Waals surface area contributed by atoms with Crippen molar-refractivity contribution in [1.82, 2.24) is 9.88 Å². The van der Waals surface area contributed by atoms with E-state index in [4.69, 9.17) is 9.47 Å². The summed E-state index contributed by atoms with van der Waals surface area (Å²) in [6.45, 7) is 4.32. The highest BCUT2D eigenvalue weighted by Crippen LogP contribution is 2.19. The Hall–Kier alpha value is -2.32. The van der Waals surface area contributed by atoms with E-state index < -0.39 is 41.4 Å². The van der Waals surface area contributed by atoms with E-state index in [0.717, 1.165) is 0 Å². The number of alkyl halides is 1. The average molecular weight is 362 g/mol. The second kappa shape index (κ2) is 9.24. The molecule has 0 N–H and O–H groups in total. The number of halogens is 3. The Bertz CT molecular complexity index is 606. The molecule has 0 aromatic carbocycles. The van der Waals surface area contributed by atoms with Crippen molar-refractivity contribution < 1.29 is 32.2 Å². The summed E-state index contributed by atoms with van der Waals surface area (Å²) in [5.41, 5.74) is -1.51. The minimum absolute atomic E-state index is 0.0213. The largest absolute Gasteiger partial charge is 0.474 e. The Labute approximate surface area is 143 Å². The van der Waals surface area contributed by atoms with Crippen LogP contribution in [0, 0.1) is 11.6 Å². The quantitative estimate of drug-likeness (QED) is 0.665. The van der Waals surface area contributed by atoms with Crippen molar-refractivity contribution in [2.45, 2.75) is 32.8 Å². The molecule has 1 amide bonds. The lowest BCUT2D eigenvalue weighted by atomic mass is 10.2.